The molecule has 1 amide bonds. The molecule has 1 atom stereocenters. The first-order valence-electron chi connectivity index (χ1n) is 9.82. The van der Waals surface area contributed by atoms with Crippen LogP contribution in [-0.4, -0.2) is 23.4 Å². The number of aliphatic hydroxyl groups excluding tert-OH is 1. The Morgan fingerprint density at radius 2 is 2.00 bits per heavy atom. The minimum absolute atomic E-state index is 0.0319. The predicted molar refractivity (Wildman–Crippen MR) is 115 cm³/mol. The Morgan fingerprint density at radius 1 is 1.16 bits per heavy atom. The van der Waals surface area contributed by atoms with Crippen LogP contribution >= 0.6 is 11.6 Å². The van der Waals surface area contributed by atoms with Crippen LogP contribution in [-0.2, 0) is 16.0 Å². The van der Waals surface area contributed by atoms with Crippen molar-refractivity contribution >= 4 is 34.7 Å². The third-order valence-corrected chi connectivity index (χ3v) is 6.06. The average molecular weight is 436 g/mol. The summed E-state index contributed by atoms with van der Waals surface area (Å²) in [4.78, 5) is 27.5. The largest absolute Gasteiger partial charge is 0.507 e. The summed E-state index contributed by atoms with van der Waals surface area (Å²) < 4.78 is 11.1. The molecular weight excluding hydrogens is 418 g/mol. The van der Waals surface area contributed by atoms with Crippen LogP contribution in [0.3, 0.4) is 0 Å². The van der Waals surface area contributed by atoms with Crippen molar-refractivity contribution in [3.63, 3.8) is 0 Å². The fourth-order valence-corrected chi connectivity index (χ4v) is 4.21. The van der Waals surface area contributed by atoms with Gasteiger partial charge in [0.1, 0.15) is 23.3 Å². The lowest BCUT2D eigenvalue weighted by Gasteiger charge is -2.23. The number of ketones is 1. The highest BCUT2D eigenvalue weighted by Crippen LogP contribution is 2.43. The molecule has 2 aliphatic heterocycles. The maximum Gasteiger partial charge on any atom is 0.300 e. The number of halogens is 1. The van der Waals surface area contributed by atoms with Crippen LogP contribution in [0.15, 0.2) is 64.8 Å². The quantitative estimate of drug-likeness (QED) is 0.363. The van der Waals surface area contributed by atoms with Crippen molar-refractivity contribution in [3.05, 3.63) is 87.8 Å². The smallest absolute Gasteiger partial charge is 0.300 e. The molecule has 5 rings (SSSR count). The van der Waals surface area contributed by atoms with E-state index in [4.69, 9.17) is 20.8 Å². The maximum absolute atomic E-state index is 13.1. The summed E-state index contributed by atoms with van der Waals surface area (Å²) in [5.41, 5.74) is 2.65. The molecule has 0 radical (unpaired) electrons. The van der Waals surface area contributed by atoms with E-state index >= 15 is 0 Å². The molecule has 1 fully saturated rings. The van der Waals surface area contributed by atoms with Crippen molar-refractivity contribution in [2.24, 2.45) is 0 Å². The monoisotopic (exact) mass is 435 g/mol. The predicted octanol–water partition coefficient (Wildman–Crippen LogP) is 4.80. The Bertz CT molecular complexity index is 1240. The van der Waals surface area contributed by atoms with E-state index in [0.717, 1.165) is 16.9 Å². The Labute approximate surface area is 183 Å². The van der Waals surface area contributed by atoms with Gasteiger partial charge < -0.3 is 14.3 Å². The average Bonchev–Trinajstić information content (AvgIpc) is 3.50. The van der Waals surface area contributed by atoms with E-state index in [0.29, 0.717) is 35.1 Å². The first-order chi connectivity index (χ1) is 15.0. The highest BCUT2D eigenvalue weighted by atomic mass is 35.5. The number of Topliss-reactive ketones (excluding diaryl/α,β-unsaturated/α-hetero) is 1. The van der Waals surface area contributed by atoms with Crippen molar-refractivity contribution in [2.75, 3.05) is 11.5 Å². The van der Waals surface area contributed by atoms with Gasteiger partial charge in [-0.2, -0.15) is 0 Å². The first-order valence-corrected chi connectivity index (χ1v) is 10.2. The van der Waals surface area contributed by atoms with Crippen LogP contribution < -0.4 is 9.64 Å². The van der Waals surface area contributed by atoms with Crippen molar-refractivity contribution in [2.45, 2.75) is 19.4 Å². The number of hydrogen-bond acceptors (Lipinski definition) is 5. The number of aliphatic hydroxyl groups is 1. The lowest BCUT2D eigenvalue weighted by molar-refractivity contribution is -0.132. The number of carbonyl (C=O) groups is 2. The van der Waals surface area contributed by atoms with Gasteiger partial charge in [0.2, 0.25) is 0 Å². The lowest BCUT2D eigenvalue weighted by Crippen LogP contribution is -2.29. The number of fused-ring (bicyclic) bond motifs is 1. The van der Waals surface area contributed by atoms with Crippen molar-refractivity contribution in [3.8, 4) is 5.75 Å². The van der Waals surface area contributed by atoms with Gasteiger partial charge in [-0.05, 0) is 60.5 Å². The van der Waals surface area contributed by atoms with E-state index in [2.05, 4.69) is 0 Å². The van der Waals surface area contributed by atoms with E-state index in [1.807, 2.05) is 6.92 Å². The van der Waals surface area contributed by atoms with Crippen LogP contribution in [0.2, 0.25) is 5.02 Å². The SMILES string of the molecule is Cc1ccc(N2C(=O)C(=O)/C(=C(\O)c3ccc4c(c3)CCO4)C2c2ccco2)cc1Cl. The summed E-state index contributed by atoms with van der Waals surface area (Å²) in [6.45, 7) is 2.42. The minimum atomic E-state index is -0.918. The molecule has 0 aliphatic carbocycles. The third-order valence-electron chi connectivity index (χ3n) is 5.65. The number of furan rings is 1. The summed E-state index contributed by atoms with van der Waals surface area (Å²) in [6.07, 6.45) is 2.18. The molecule has 0 bridgehead atoms. The topological polar surface area (TPSA) is 80.0 Å². The standard InChI is InChI=1S/C24H18ClNO5/c1-13-4-6-16(12-17(13)25)26-21(19-3-2-9-30-19)20(23(28)24(26)29)22(27)15-5-7-18-14(11-15)8-10-31-18/h2-7,9,11-12,21,27H,8,10H2,1H3/b22-20-. The van der Waals surface area contributed by atoms with Gasteiger partial charge in [-0.25, -0.2) is 0 Å². The molecule has 0 spiro atoms. The second-order valence-electron chi connectivity index (χ2n) is 7.54. The number of carbonyl (C=O) groups excluding carboxylic acids is 2. The maximum atomic E-state index is 13.1. The molecule has 0 saturated carbocycles. The number of benzene rings is 2. The lowest BCUT2D eigenvalue weighted by atomic mass is 9.97. The molecular formula is C24H18ClNO5. The zero-order valence-corrected chi connectivity index (χ0v) is 17.3. The van der Waals surface area contributed by atoms with Gasteiger partial charge in [0.05, 0.1) is 18.4 Å². The second-order valence-corrected chi connectivity index (χ2v) is 7.95. The molecule has 7 heteroatoms. The van der Waals surface area contributed by atoms with Crippen LogP contribution in [0.4, 0.5) is 5.69 Å². The molecule has 31 heavy (non-hydrogen) atoms. The molecule has 2 aromatic carbocycles. The molecule has 6 nitrogen and oxygen atoms in total. The number of hydrogen-bond donors (Lipinski definition) is 1. The van der Waals surface area contributed by atoms with Gasteiger partial charge in [-0.1, -0.05) is 17.7 Å². The van der Waals surface area contributed by atoms with Crippen LogP contribution in [0.1, 0.15) is 28.5 Å². The molecule has 1 saturated heterocycles. The first kappa shape index (κ1) is 19.5. The Kier molecular flexibility index (Phi) is 4.59. The van der Waals surface area contributed by atoms with Gasteiger partial charge in [0, 0.05) is 22.7 Å². The van der Waals surface area contributed by atoms with E-state index in [9.17, 15) is 14.7 Å². The summed E-state index contributed by atoms with van der Waals surface area (Å²) >= 11 is 6.28. The van der Waals surface area contributed by atoms with E-state index in [-0.39, 0.29) is 11.3 Å². The third kappa shape index (κ3) is 3.11. The zero-order valence-electron chi connectivity index (χ0n) is 16.6. The fraction of sp³-hybridized carbons (Fsp3) is 0.167. The Hall–Kier alpha value is -3.51. The fourth-order valence-electron chi connectivity index (χ4n) is 4.04. The van der Waals surface area contributed by atoms with Crippen LogP contribution in [0.25, 0.3) is 5.76 Å². The number of nitrogens with zero attached hydrogens (tertiary/aromatic N) is 1. The van der Waals surface area contributed by atoms with Crippen molar-refractivity contribution < 1.29 is 23.8 Å². The summed E-state index contributed by atoms with van der Waals surface area (Å²) in [7, 11) is 0. The van der Waals surface area contributed by atoms with Crippen LogP contribution in [0.5, 0.6) is 5.75 Å². The van der Waals surface area contributed by atoms with Gasteiger partial charge in [-0.15, -0.1) is 0 Å². The van der Waals surface area contributed by atoms with Gasteiger partial charge in [0.25, 0.3) is 11.7 Å². The van der Waals surface area contributed by atoms with Gasteiger partial charge in [0.15, 0.2) is 0 Å². The zero-order chi connectivity index (χ0) is 21.7. The van der Waals surface area contributed by atoms with Crippen LogP contribution in [0, 0.1) is 6.92 Å². The second kappa shape index (κ2) is 7.32. The van der Waals surface area contributed by atoms with Crippen molar-refractivity contribution in [1.29, 1.82) is 0 Å². The number of rotatable bonds is 3. The normalized spacial score (nSPS) is 19.5. The minimum Gasteiger partial charge on any atom is -0.507 e. The molecule has 3 heterocycles. The van der Waals surface area contributed by atoms with Crippen molar-refractivity contribution in [1.82, 2.24) is 0 Å². The molecule has 1 N–H and O–H groups in total. The molecule has 1 unspecified atom stereocenters. The van der Waals surface area contributed by atoms with Gasteiger partial charge >= 0.3 is 0 Å². The summed E-state index contributed by atoms with van der Waals surface area (Å²) in [6, 6.07) is 12.8. The Morgan fingerprint density at radius 3 is 2.74 bits per heavy atom. The van der Waals surface area contributed by atoms with E-state index < -0.39 is 17.7 Å². The molecule has 1 aromatic heterocycles. The number of anilines is 1. The molecule has 2 aliphatic rings. The summed E-state index contributed by atoms with van der Waals surface area (Å²) in [5, 5.41) is 11.6. The molecule has 156 valence electrons. The highest BCUT2D eigenvalue weighted by Gasteiger charge is 2.48. The molecule has 3 aromatic rings. The van der Waals surface area contributed by atoms with Gasteiger partial charge in [-0.3, -0.25) is 14.5 Å². The number of aryl methyl sites for hydroxylation is 1. The number of ether oxygens (including phenoxy) is 1. The van der Waals surface area contributed by atoms with E-state index in [1.165, 1.54) is 11.2 Å². The summed E-state index contributed by atoms with van der Waals surface area (Å²) in [5.74, 6) is -0.675. The highest BCUT2D eigenvalue weighted by molar-refractivity contribution is 6.51. The number of amides is 1. The Balaban J connectivity index is 1.69. The van der Waals surface area contributed by atoms with E-state index in [1.54, 1.807) is 48.5 Å².